The average Bonchev–Trinajstić information content (AvgIpc) is 2.90. The van der Waals surface area contributed by atoms with Crippen molar-refractivity contribution >= 4 is 18.3 Å². The van der Waals surface area contributed by atoms with Crippen molar-refractivity contribution in [2.75, 3.05) is 25.0 Å². The molecule has 0 spiro atoms. The highest BCUT2D eigenvalue weighted by atomic mass is 32.1. The molecule has 0 amide bonds. The van der Waals surface area contributed by atoms with Crippen molar-refractivity contribution in [3.63, 3.8) is 0 Å². The third-order valence-corrected chi connectivity index (χ3v) is 4.94. The van der Waals surface area contributed by atoms with Crippen molar-refractivity contribution in [3.8, 4) is 0 Å². The van der Waals surface area contributed by atoms with E-state index in [0.29, 0.717) is 0 Å². The maximum Gasteiger partial charge on any atom is 0.0340 e. The van der Waals surface area contributed by atoms with Gasteiger partial charge in [-0.1, -0.05) is 48.5 Å². The Morgan fingerprint density at radius 3 is 2.41 bits per heavy atom. The Morgan fingerprint density at radius 1 is 1.00 bits per heavy atom. The van der Waals surface area contributed by atoms with Gasteiger partial charge < -0.3 is 5.32 Å². The van der Waals surface area contributed by atoms with Crippen LogP contribution in [0.25, 0.3) is 0 Å². The van der Waals surface area contributed by atoms with Gasteiger partial charge in [-0.3, -0.25) is 4.90 Å². The largest absolute Gasteiger partial charge is 0.385 e. The molecule has 1 fully saturated rings. The molecule has 1 atom stereocenters. The monoisotopic (exact) mass is 312 g/mol. The van der Waals surface area contributed by atoms with Crippen LogP contribution >= 0.6 is 12.6 Å². The Hall–Kier alpha value is -1.45. The fraction of sp³-hybridized carbons (Fsp3) is 0.368. The molecule has 1 saturated heterocycles. The molecule has 1 aliphatic rings. The molecule has 2 nitrogen and oxygen atoms in total. The minimum absolute atomic E-state index is 0.135. The Morgan fingerprint density at radius 2 is 1.68 bits per heavy atom. The van der Waals surface area contributed by atoms with Gasteiger partial charge in [0.2, 0.25) is 0 Å². The number of para-hydroxylation sites is 1. The summed E-state index contributed by atoms with van der Waals surface area (Å²) in [7, 11) is 0. The second kappa shape index (κ2) is 7.21. The van der Waals surface area contributed by atoms with Crippen LogP contribution in [0.1, 0.15) is 18.4 Å². The number of nitrogens with one attached hydrogen (secondary N) is 1. The Labute approximate surface area is 139 Å². The van der Waals surface area contributed by atoms with Crippen LogP contribution in [0.15, 0.2) is 60.7 Å². The quantitative estimate of drug-likeness (QED) is 0.782. The topological polar surface area (TPSA) is 15.3 Å². The molecule has 22 heavy (non-hydrogen) atoms. The highest BCUT2D eigenvalue weighted by Gasteiger charge is 2.34. The molecule has 0 aliphatic carbocycles. The fourth-order valence-electron chi connectivity index (χ4n) is 3.12. The van der Waals surface area contributed by atoms with Gasteiger partial charge in [-0.25, -0.2) is 0 Å². The molecule has 2 aromatic carbocycles. The fourth-order valence-corrected chi connectivity index (χ4v) is 3.53. The molecule has 0 aromatic heterocycles. The van der Waals surface area contributed by atoms with Crippen molar-refractivity contribution in [1.82, 2.24) is 4.90 Å². The maximum atomic E-state index is 4.97. The summed E-state index contributed by atoms with van der Waals surface area (Å²) in [5, 5.41) is 3.49. The van der Waals surface area contributed by atoms with Crippen molar-refractivity contribution in [2.24, 2.45) is 0 Å². The second-order valence-corrected chi connectivity index (χ2v) is 7.16. The van der Waals surface area contributed by atoms with Gasteiger partial charge in [0, 0.05) is 30.1 Å². The van der Waals surface area contributed by atoms with Crippen molar-refractivity contribution in [1.29, 1.82) is 0 Å². The molecular weight excluding hydrogens is 288 g/mol. The summed E-state index contributed by atoms with van der Waals surface area (Å²) in [5.41, 5.74) is 2.58. The lowest BCUT2D eigenvalue weighted by Crippen LogP contribution is -2.30. The molecule has 3 heteroatoms. The van der Waals surface area contributed by atoms with E-state index in [1.54, 1.807) is 0 Å². The predicted molar refractivity (Wildman–Crippen MR) is 97.6 cm³/mol. The summed E-state index contributed by atoms with van der Waals surface area (Å²) in [6.45, 7) is 4.23. The smallest absolute Gasteiger partial charge is 0.0340 e. The van der Waals surface area contributed by atoms with Crippen LogP contribution in [0.4, 0.5) is 5.69 Å². The SMILES string of the molecule is SC1(CCNc2ccccc2)CCN(Cc2ccccc2)C1. The standard InChI is InChI=1S/C19H24N2S/c22-19(11-13-20-18-9-5-2-6-10-18)12-14-21(16-19)15-17-7-3-1-4-8-17/h1-10,20,22H,11-16H2. The normalized spacial score (nSPS) is 21.9. The Kier molecular flexibility index (Phi) is 5.06. The molecule has 1 unspecified atom stereocenters. The first-order valence-electron chi connectivity index (χ1n) is 8.01. The molecule has 1 aliphatic heterocycles. The number of benzene rings is 2. The number of thiol groups is 1. The lowest BCUT2D eigenvalue weighted by molar-refractivity contribution is 0.321. The molecule has 1 heterocycles. The van der Waals surface area contributed by atoms with Gasteiger partial charge in [-0.2, -0.15) is 12.6 Å². The van der Waals surface area contributed by atoms with E-state index in [1.165, 1.54) is 17.7 Å². The van der Waals surface area contributed by atoms with Crippen LogP contribution in [0, 0.1) is 0 Å². The number of likely N-dealkylation sites (tertiary alicyclic amines) is 1. The van der Waals surface area contributed by atoms with E-state index in [1.807, 2.05) is 6.07 Å². The summed E-state index contributed by atoms with van der Waals surface area (Å²) in [4.78, 5) is 2.52. The zero-order valence-electron chi connectivity index (χ0n) is 12.9. The number of nitrogens with zero attached hydrogens (tertiary/aromatic N) is 1. The molecular formula is C19H24N2S. The van der Waals surface area contributed by atoms with E-state index >= 15 is 0 Å². The van der Waals surface area contributed by atoms with Crippen LogP contribution in [0.5, 0.6) is 0 Å². The summed E-state index contributed by atoms with van der Waals surface area (Å²) >= 11 is 4.97. The first-order valence-corrected chi connectivity index (χ1v) is 8.46. The van der Waals surface area contributed by atoms with Crippen LogP contribution in [-0.4, -0.2) is 29.3 Å². The highest BCUT2D eigenvalue weighted by Crippen LogP contribution is 2.32. The molecule has 0 radical (unpaired) electrons. The average molecular weight is 312 g/mol. The van der Waals surface area contributed by atoms with Gasteiger partial charge in [0.25, 0.3) is 0 Å². The van der Waals surface area contributed by atoms with Crippen LogP contribution in [0.3, 0.4) is 0 Å². The summed E-state index contributed by atoms with van der Waals surface area (Å²) < 4.78 is 0.135. The van der Waals surface area contributed by atoms with E-state index in [4.69, 9.17) is 12.6 Å². The lowest BCUT2D eigenvalue weighted by Gasteiger charge is -2.24. The minimum atomic E-state index is 0.135. The van der Waals surface area contributed by atoms with Gasteiger partial charge in [-0.15, -0.1) is 0 Å². The molecule has 3 rings (SSSR count). The first-order chi connectivity index (χ1) is 10.7. The van der Waals surface area contributed by atoms with Gasteiger partial charge in [-0.05, 0) is 37.1 Å². The Bertz CT molecular complexity index is 573. The van der Waals surface area contributed by atoms with Crippen molar-refractivity contribution in [3.05, 3.63) is 66.2 Å². The van der Waals surface area contributed by atoms with Gasteiger partial charge in [0.15, 0.2) is 0 Å². The van der Waals surface area contributed by atoms with Crippen molar-refractivity contribution < 1.29 is 0 Å². The van der Waals surface area contributed by atoms with Crippen LogP contribution in [0.2, 0.25) is 0 Å². The zero-order chi connectivity index (χ0) is 15.3. The molecule has 1 N–H and O–H groups in total. The van der Waals surface area contributed by atoms with E-state index in [9.17, 15) is 0 Å². The van der Waals surface area contributed by atoms with Crippen LogP contribution < -0.4 is 5.32 Å². The molecule has 116 valence electrons. The van der Waals surface area contributed by atoms with Crippen molar-refractivity contribution in [2.45, 2.75) is 24.1 Å². The number of hydrogen-bond acceptors (Lipinski definition) is 3. The lowest BCUT2D eigenvalue weighted by atomic mass is 10.0. The third kappa shape index (κ3) is 4.28. The van der Waals surface area contributed by atoms with Crippen LogP contribution in [-0.2, 0) is 6.54 Å². The van der Waals surface area contributed by atoms with Gasteiger partial charge in [0.05, 0.1) is 0 Å². The minimum Gasteiger partial charge on any atom is -0.385 e. The predicted octanol–water partition coefficient (Wildman–Crippen LogP) is 4.06. The summed E-state index contributed by atoms with van der Waals surface area (Å²) in [6.07, 6.45) is 2.26. The zero-order valence-corrected chi connectivity index (χ0v) is 13.8. The Balaban J connectivity index is 1.46. The van der Waals surface area contributed by atoms with Gasteiger partial charge >= 0.3 is 0 Å². The van der Waals surface area contributed by atoms with E-state index < -0.39 is 0 Å². The van der Waals surface area contributed by atoms with Gasteiger partial charge in [0.1, 0.15) is 0 Å². The van der Waals surface area contributed by atoms with E-state index in [-0.39, 0.29) is 4.75 Å². The number of rotatable bonds is 6. The molecule has 0 bridgehead atoms. The summed E-state index contributed by atoms with van der Waals surface area (Å²) in [5.74, 6) is 0. The second-order valence-electron chi connectivity index (χ2n) is 6.21. The maximum absolute atomic E-state index is 4.97. The third-order valence-electron chi connectivity index (χ3n) is 4.35. The number of hydrogen-bond donors (Lipinski definition) is 2. The summed E-state index contributed by atoms with van der Waals surface area (Å²) in [6, 6.07) is 21.1. The molecule has 0 saturated carbocycles. The highest BCUT2D eigenvalue weighted by molar-refractivity contribution is 7.81. The number of anilines is 1. The first kappa shape index (κ1) is 15.4. The van der Waals surface area contributed by atoms with E-state index in [0.717, 1.165) is 32.6 Å². The van der Waals surface area contributed by atoms with E-state index in [2.05, 4.69) is 64.8 Å². The molecule has 2 aromatic rings.